The van der Waals surface area contributed by atoms with Crippen molar-refractivity contribution in [2.24, 2.45) is 5.18 Å². The van der Waals surface area contributed by atoms with E-state index in [1.54, 1.807) is 0 Å². The largest absolute Gasteiger partial charge is 0.505 e. The number of hydrogen-bond acceptors (Lipinski definition) is 6. The second kappa shape index (κ2) is 7.34. The average molecular weight is 348 g/mol. The zero-order valence-electron chi connectivity index (χ0n) is 12.0. The van der Waals surface area contributed by atoms with Gasteiger partial charge in [-0.25, -0.2) is 0 Å². The number of amides is 1. The van der Waals surface area contributed by atoms with E-state index in [0.717, 1.165) is 12.1 Å². The number of non-ortho nitro benzene ring substituents is 1. The third kappa shape index (κ3) is 3.93. The molecule has 0 aliphatic rings. The van der Waals surface area contributed by atoms with Crippen LogP contribution >= 0.6 is 11.6 Å². The van der Waals surface area contributed by atoms with Crippen molar-refractivity contribution < 1.29 is 14.8 Å². The molecule has 0 aliphatic heterocycles. The van der Waals surface area contributed by atoms with Gasteiger partial charge in [0, 0.05) is 28.4 Å². The first-order valence-electron chi connectivity index (χ1n) is 6.50. The van der Waals surface area contributed by atoms with Crippen LogP contribution in [0, 0.1) is 15.0 Å². The molecule has 0 saturated carbocycles. The SMILES string of the molecule is O=NC(C(=O)Nc1ccc(Cl)cc1)=C(O)c1ccc([N+](=O)[O-])cc1. The predicted octanol–water partition coefficient (Wildman–Crippen LogP) is 3.88. The van der Waals surface area contributed by atoms with Crippen molar-refractivity contribution in [1.82, 2.24) is 0 Å². The maximum absolute atomic E-state index is 12.1. The Balaban J connectivity index is 2.28. The molecule has 1 amide bonds. The minimum absolute atomic E-state index is 0.0430. The third-order valence-corrected chi connectivity index (χ3v) is 3.24. The molecule has 2 aromatic rings. The van der Waals surface area contributed by atoms with Crippen LogP contribution in [0.1, 0.15) is 5.56 Å². The van der Waals surface area contributed by atoms with E-state index in [-0.39, 0.29) is 11.3 Å². The van der Waals surface area contributed by atoms with Crippen LogP contribution in [0.2, 0.25) is 5.02 Å². The smallest absolute Gasteiger partial charge is 0.281 e. The first kappa shape index (κ1) is 17.1. The Kier molecular flexibility index (Phi) is 5.23. The van der Waals surface area contributed by atoms with E-state index in [1.807, 2.05) is 0 Å². The number of aliphatic hydroxyl groups excluding tert-OH is 1. The summed E-state index contributed by atoms with van der Waals surface area (Å²) in [7, 11) is 0. The number of aliphatic hydroxyl groups is 1. The number of benzene rings is 2. The summed E-state index contributed by atoms with van der Waals surface area (Å²) in [4.78, 5) is 33.0. The Hall–Kier alpha value is -3.26. The number of nitrogens with one attached hydrogen (secondary N) is 1. The van der Waals surface area contributed by atoms with Gasteiger partial charge in [-0.15, -0.1) is 4.91 Å². The fourth-order valence-electron chi connectivity index (χ4n) is 1.79. The van der Waals surface area contributed by atoms with Gasteiger partial charge in [0.2, 0.25) is 5.70 Å². The average Bonchev–Trinajstić information content (AvgIpc) is 2.57. The summed E-state index contributed by atoms with van der Waals surface area (Å²) in [6.45, 7) is 0. The number of carbonyl (C=O) groups is 1. The molecule has 0 aliphatic carbocycles. The Bertz CT molecular complexity index is 816. The van der Waals surface area contributed by atoms with Gasteiger partial charge in [0.25, 0.3) is 11.6 Å². The van der Waals surface area contributed by atoms with E-state index in [0.29, 0.717) is 10.7 Å². The van der Waals surface area contributed by atoms with Gasteiger partial charge in [-0.3, -0.25) is 14.9 Å². The molecule has 2 aromatic carbocycles. The van der Waals surface area contributed by atoms with Crippen LogP contribution < -0.4 is 5.32 Å². The zero-order chi connectivity index (χ0) is 17.7. The lowest BCUT2D eigenvalue weighted by molar-refractivity contribution is -0.384. The molecule has 8 nitrogen and oxygen atoms in total. The van der Waals surface area contributed by atoms with E-state index in [2.05, 4.69) is 10.5 Å². The first-order valence-corrected chi connectivity index (χ1v) is 6.88. The number of nitroso groups, excluding NO2 is 1. The molecule has 0 aromatic heterocycles. The number of carbonyl (C=O) groups excluding carboxylic acids is 1. The van der Waals surface area contributed by atoms with Crippen molar-refractivity contribution in [3.8, 4) is 0 Å². The fourth-order valence-corrected chi connectivity index (χ4v) is 1.92. The summed E-state index contributed by atoms with van der Waals surface area (Å²) >= 11 is 5.73. The summed E-state index contributed by atoms with van der Waals surface area (Å²) < 4.78 is 0. The van der Waals surface area contributed by atoms with E-state index >= 15 is 0 Å². The maximum Gasteiger partial charge on any atom is 0.281 e. The molecule has 0 unspecified atom stereocenters. The first-order chi connectivity index (χ1) is 11.4. The van der Waals surface area contributed by atoms with E-state index in [9.17, 15) is 24.9 Å². The normalized spacial score (nSPS) is 11.4. The highest BCUT2D eigenvalue weighted by molar-refractivity contribution is 6.30. The van der Waals surface area contributed by atoms with Crippen LogP contribution in [0.5, 0.6) is 0 Å². The summed E-state index contributed by atoms with van der Waals surface area (Å²) in [5.41, 5.74) is -0.555. The number of anilines is 1. The topological polar surface area (TPSA) is 122 Å². The minimum Gasteiger partial charge on any atom is -0.505 e. The molecule has 0 atom stereocenters. The van der Waals surface area contributed by atoms with Gasteiger partial charge >= 0.3 is 0 Å². The second-order valence-electron chi connectivity index (χ2n) is 4.55. The Morgan fingerprint density at radius 2 is 1.71 bits per heavy atom. The van der Waals surface area contributed by atoms with E-state index in [4.69, 9.17) is 11.6 Å². The molecule has 0 fully saturated rings. The van der Waals surface area contributed by atoms with Crippen LogP contribution in [0.25, 0.3) is 5.76 Å². The van der Waals surface area contributed by atoms with Gasteiger partial charge in [0.15, 0.2) is 5.76 Å². The second-order valence-corrected chi connectivity index (χ2v) is 4.99. The Morgan fingerprint density at radius 1 is 1.12 bits per heavy atom. The fraction of sp³-hybridized carbons (Fsp3) is 0. The van der Waals surface area contributed by atoms with Crippen molar-refractivity contribution in [3.05, 3.63) is 79.8 Å². The molecule has 0 radical (unpaired) electrons. The van der Waals surface area contributed by atoms with Crippen molar-refractivity contribution in [1.29, 1.82) is 0 Å². The molecule has 0 bridgehead atoms. The molecule has 24 heavy (non-hydrogen) atoms. The summed E-state index contributed by atoms with van der Waals surface area (Å²) in [6, 6.07) is 10.7. The van der Waals surface area contributed by atoms with Crippen LogP contribution in [-0.2, 0) is 4.79 Å². The van der Waals surface area contributed by atoms with Gasteiger partial charge in [-0.05, 0) is 41.6 Å². The van der Waals surface area contributed by atoms with Crippen molar-refractivity contribution in [3.63, 3.8) is 0 Å². The number of halogens is 1. The highest BCUT2D eigenvalue weighted by atomic mass is 35.5. The highest BCUT2D eigenvalue weighted by Gasteiger charge is 2.19. The summed E-state index contributed by atoms with van der Waals surface area (Å²) in [6.07, 6.45) is 0. The van der Waals surface area contributed by atoms with Crippen LogP contribution in [-0.4, -0.2) is 15.9 Å². The molecular formula is C15H10ClN3O5. The van der Waals surface area contributed by atoms with Gasteiger partial charge in [-0.2, -0.15) is 0 Å². The van der Waals surface area contributed by atoms with E-state index < -0.39 is 22.3 Å². The molecule has 0 heterocycles. The predicted molar refractivity (Wildman–Crippen MR) is 88.5 cm³/mol. The standard InChI is InChI=1S/C15H10ClN3O5/c16-10-3-5-11(6-4-10)17-15(21)13(18-22)14(20)9-1-7-12(8-2-9)19(23)24/h1-8,20H,(H,17,21). The van der Waals surface area contributed by atoms with Gasteiger partial charge in [0.1, 0.15) is 0 Å². The van der Waals surface area contributed by atoms with E-state index in [1.165, 1.54) is 36.4 Å². The summed E-state index contributed by atoms with van der Waals surface area (Å²) in [5.74, 6) is -1.62. The molecule has 2 rings (SSSR count). The number of hydrogen-bond donors (Lipinski definition) is 2. The van der Waals surface area contributed by atoms with Crippen LogP contribution in [0.4, 0.5) is 11.4 Å². The van der Waals surface area contributed by atoms with Crippen LogP contribution in [0.15, 0.2) is 59.4 Å². The number of nitrogens with zero attached hydrogens (tertiary/aromatic N) is 2. The Labute approximate surface area is 140 Å². The number of nitro groups is 1. The zero-order valence-corrected chi connectivity index (χ0v) is 12.7. The van der Waals surface area contributed by atoms with Gasteiger partial charge in [-0.1, -0.05) is 11.6 Å². The molecule has 0 spiro atoms. The van der Waals surface area contributed by atoms with Crippen molar-refractivity contribution in [2.75, 3.05) is 5.32 Å². The lowest BCUT2D eigenvalue weighted by atomic mass is 10.1. The molecule has 0 saturated heterocycles. The quantitative estimate of drug-likeness (QED) is 0.279. The highest BCUT2D eigenvalue weighted by Crippen LogP contribution is 2.22. The summed E-state index contributed by atoms with van der Waals surface area (Å²) in [5, 5.41) is 26.0. The number of rotatable bonds is 5. The maximum atomic E-state index is 12.1. The van der Waals surface area contributed by atoms with Crippen molar-refractivity contribution >= 4 is 34.6 Å². The Morgan fingerprint density at radius 3 is 2.21 bits per heavy atom. The number of nitro benzene ring substituents is 1. The van der Waals surface area contributed by atoms with Crippen LogP contribution in [0.3, 0.4) is 0 Å². The minimum atomic E-state index is -0.928. The van der Waals surface area contributed by atoms with Crippen molar-refractivity contribution in [2.45, 2.75) is 0 Å². The molecule has 9 heteroatoms. The molecule has 2 N–H and O–H groups in total. The lowest BCUT2D eigenvalue weighted by Crippen LogP contribution is -2.14. The molecular weight excluding hydrogens is 338 g/mol. The van der Waals surface area contributed by atoms with Gasteiger partial charge in [0.05, 0.1) is 4.92 Å². The molecule has 122 valence electrons. The third-order valence-electron chi connectivity index (χ3n) is 2.98. The lowest BCUT2D eigenvalue weighted by Gasteiger charge is -2.06. The van der Waals surface area contributed by atoms with Gasteiger partial charge < -0.3 is 10.4 Å². The monoisotopic (exact) mass is 347 g/mol.